The lowest BCUT2D eigenvalue weighted by Crippen LogP contribution is -2.30. The standard InChI is InChI=1S/C12H17NO2/c1-12(6-7-13-9-12)15-8-10-2-4-11(14)5-3-10/h2-5,13-14H,6-9H2,1H3. The minimum Gasteiger partial charge on any atom is -0.508 e. The number of nitrogens with one attached hydrogen (secondary N) is 1. The van der Waals surface area contributed by atoms with Gasteiger partial charge in [0.1, 0.15) is 5.75 Å². The highest BCUT2D eigenvalue weighted by molar-refractivity contribution is 5.25. The second-order valence-corrected chi connectivity index (χ2v) is 4.33. The summed E-state index contributed by atoms with van der Waals surface area (Å²) in [5.41, 5.74) is 1.07. The molecule has 0 spiro atoms. The summed E-state index contributed by atoms with van der Waals surface area (Å²) in [5, 5.41) is 12.4. The highest BCUT2D eigenvalue weighted by Gasteiger charge is 2.28. The van der Waals surface area contributed by atoms with Crippen molar-refractivity contribution in [3.8, 4) is 5.75 Å². The van der Waals surface area contributed by atoms with Gasteiger partial charge in [-0.3, -0.25) is 0 Å². The SMILES string of the molecule is CC1(OCc2ccc(O)cc2)CCNC1. The van der Waals surface area contributed by atoms with Crippen molar-refractivity contribution in [1.82, 2.24) is 5.32 Å². The molecular formula is C12H17NO2. The summed E-state index contributed by atoms with van der Waals surface area (Å²) in [6.45, 7) is 4.70. The molecule has 0 radical (unpaired) electrons. The fourth-order valence-electron chi connectivity index (χ4n) is 1.77. The molecule has 1 aromatic rings. The Balaban J connectivity index is 1.90. The maximum atomic E-state index is 9.14. The third-order valence-corrected chi connectivity index (χ3v) is 2.85. The number of hydrogen-bond donors (Lipinski definition) is 2. The van der Waals surface area contributed by atoms with E-state index in [1.807, 2.05) is 12.1 Å². The Morgan fingerprint density at radius 1 is 1.40 bits per heavy atom. The van der Waals surface area contributed by atoms with E-state index in [9.17, 15) is 0 Å². The first-order chi connectivity index (χ1) is 7.18. The molecule has 2 rings (SSSR count). The second-order valence-electron chi connectivity index (χ2n) is 4.33. The van der Waals surface area contributed by atoms with Crippen molar-refractivity contribution in [3.63, 3.8) is 0 Å². The van der Waals surface area contributed by atoms with Gasteiger partial charge in [0.05, 0.1) is 12.2 Å². The van der Waals surface area contributed by atoms with Crippen molar-refractivity contribution in [2.24, 2.45) is 0 Å². The minimum atomic E-state index is -0.0299. The van der Waals surface area contributed by atoms with Crippen molar-refractivity contribution in [2.75, 3.05) is 13.1 Å². The summed E-state index contributed by atoms with van der Waals surface area (Å²) in [4.78, 5) is 0. The number of aromatic hydroxyl groups is 1. The van der Waals surface area contributed by atoms with Gasteiger partial charge in [-0.1, -0.05) is 12.1 Å². The third kappa shape index (κ3) is 2.70. The highest BCUT2D eigenvalue weighted by Crippen LogP contribution is 2.21. The molecule has 0 amide bonds. The average molecular weight is 207 g/mol. The molecule has 1 fully saturated rings. The first-order valence-corrected chi connectivity index (χ1v) is 5.31. The zero-order chi connectivity index (χ0) is 10.7. The average Bonchev–Trinajstić information content (AvgIpc) is 2.65. The summed E-state index contributed by atoms with van der Waals surface area (Å²) in [6, 6.07) is 7.16. The van der Waals surface area contributed by atoms with Gasteiger partial charge in [0.2, 0.25) is 0 Å². The van der Waals surface area contributed by atoms with Crippen LogP contribution in [0.3, 0.4) is 0 Å². The number of ether oxygens (including phenoxy) is 1. The lowest BCUT2D eigenvalue weighted by molar-refractivity contribution is -0.0278. The Labute approximate surface area is 90.1 Å². The molecule has 1 aliphatic rings. The molecule has 0 saturated carbocycles. The number of phenolic OH excluding ortho intramolecular Hbond substituents is 1. The molecular weight excluding hydrogens is 190 g/mol. The number of benzene rings is 1. The van der Waals surface area contributed by atoms with Crippen molar-refractivity contribution < 1.29 is 9.84 Å². The second kappa shape index (κ2) is 4.21. The van der Waals surface area contributed by atoms with Crippen LogP contribution in [-0.2, 0) is 11.3 Å². The first kappa shape index (κ1) is 10.5. The predicted octanol–water partition coefficient (Wildman–Crippen LogP) is 1.66. The van der Waals surface area contributed by atoms with Crippen molar-refractivity contribution >= 4 is 0 Å². The maximum absolute atomic E-state index is 9.14. The van der Waals surface area contributed by atoms with Crippen LogP contribution in [0.4, 0.5) is 0 Å². The van der Waals surface area contributed by atoms with E-state index < -0.39 is 0 Å². The van der Waals surface area contributed by atoms with E-state index in [1.165, 1.54) is 0 Å². The predicted molar refractivity (Wildman–Crippen MR) is 58.8 cm³/mol. The Hall–Kier alpha value is -1.06. The van der Waals surface area contributed by atoms with Gasteiger partial charge in [0, 0.05) is 6.54 Å². The van der Waals surface area contributed by atoms with Gasteiger partial charge in [-0.25, -0.2) is 0 Å². The van der Waals surface area contributed by atoms with Crippen LogP contribution in [0, 0.1) is 0 Å². The minimum absolute atomic E-state index is 0.0299. The van der Waals surface area contributed by atoms with E-state index in [0.29, 0.717) is 12.4 Å². The van der Waals surface area contributed by atoms with Crippen molar-refractivity contribution in [3.05, 3.63) is 29.8 Å². The Morgan fingerprint density at radius 2 is 2.13 bits per heavy atom. The smallest absolute Gasteiger partial charge is 0.115 e. The topological polar surface area (TPSA) is 41.5 Å². The fraction of sp³-hybridized carbons (Fsp3) is 0.500. The number of hydrogen-bond acceptors (Lipinski definition) is 3. The molecule has 0 aliphatic carbocycles. The zero-order valence-corrected chi connectivity index (χ0v) is 8.99. The third-order valence-electron chi connectivity index (χ3n) is 2.85. The number of rotatable bonds is 3. The summed E-state index contributed by atoms with van der Waals surface area (Å²) in [6.07, 6.45) is 1.06. The first-order valence-electron chi connectivity index (χ1n) is 5.31. The van der Waals surface area contributed by atoms with Crippen LogP contribution >= 0.6 is 0 Å². The summed E-state index contributed by atoms with van der Waals surface area (Å²) in [5.74, 6) is 0.299. The van der Waals surface area contributed by atoms with Gasteiger partial charge in [0.15, 0.2) is 0 Å². The van der Waals surface area contributed by atoms with Crippen LogP contribution in [0.5, 0.6) is 5.75 Å². The molecule has 1 atom stereocenters. The van der Waals surface area contributed by atoms with E-state index in [0.717, 1.165) is 25.1 Å². The quantitative estimate of drug-likeness (QED) is 0.792. The monoisotopic (exact) mass is 207 g/mol. The molecule has 3 nitrogen and oxygen atoms in total. The lowest BCUT2D eigenvalue weighted by atomic mass is 10.1. The summed E-state index contributed by atoms with van der Waals surface area (Å²) in [7, 11) is 0. The zero-order valence-electron chi connectivity index (χ0n) is 8.99. The Bertz CT molecular complexity index is 315. The van der Waals surface area contributed by atoms with E-state index in [2.05, 4.69) is 12.2 Å². The van der Waals surface area contributed by atoms with E-state index in [-0.39, 0.29) is 5.60 Å². The Kier molecular flexibility index (Phi) is 2.93. The van der Waals surface area contributed by atoms with Gasteiger partial charge in [-0.05, 0) is 37.6 Å². The summed E-state index contributed by atoms with van der Waals surface area (Å²) < 4.78 is 5.87. The normalized spacial score (nSPS) is 25.7. The molecule has 1 heterocycles. The molecule has 1 aromatic carbocycles. The highest BCUT2D eigenvalue weighted by atomic mass is 16.5. The van der Waals surface area contributed by atoms with Gasteiger partial charge in [-0.15, -0.1) is 0 Å². The molecule has 3 heteroatoms. The maximum Gasteiger partial charge on any atom is 0.115 e. The molecule has 1 unspecified atom stereocenters. The van der Waals surface area contributed by atoms with Crippen molar-refractivity contribution in [2.45, 2.75) is 25.6 Å². The van der Waals surface area contributed by atoms with Crippen molar-refractivity contribution in [1.29, 1.82) is 0 Å². The van der Waals surface area contributed by atoms with E-state index >= 15 is 0 Å². The number of phenols is 1. The lowest BCUT2D eigenvalue weighted by Gasteiger charge is -2.23. The molecule has 2 N–H and O–H groups in total. The summed E-state index contributed by atoms with van der Waals surface area (Å²) >= 11 is 0. The van der Waals surface area contributed by atoms with Crippen LogP contribution < -0.4 is 5.32 Å². The molecule has 0 aromatic heterocycles. The van der Waals surface area contributed by atoms with Gasteiger partial charge in [-0.2, -0.15) is 0 Å². The van der Waals surface area contributed by atoms with Crippen LogP contribution in [0.2, 0.25) is 0 Å². The van der Waals surface area contributed by atoms with Gasteiger partial charge < -0.3 is 15.2 Å². The van der Waals surface area contributed by atoms with Crippen LogP contribution in [-0.4, -0.2) is 23.8 Å². The van der Waals surface area contributed by atoms with Gasteiger partial charge >= 0.3 is 0 Å². The molecule has 0 bridgehead atoms. The van der Waals surface area contributed by atoms with Crippen LogP contribution in [0.25, 0.3) is 0 Å². The largest absolute Gasteiger partial charge is 0.508 e. The van der Waals surface area contributed by atoms with Gasteiger partial charge in [0.25, 0.3) is 0 Å². The van der Waals surface area contributed by atoms with Crippen LogP contribution in [0.1, 0.15) is 18.9 Å². The molecule has 1 saturated heterocycles. The Morgan fingerprint density at radius 3 is 2.73 bits per heavy atom. The molecule has 1 aliphatic heterocycles. The van der Waals surface area contributed by atoms with E-state index in [4.69, 9.17) is 9.84 Å². The molecule has 15 heavy (non-hydrogen) atoms. The van der Waals surface area contributed by atoms with E-state index in [1.54, 1.807) is 12.1 Å². The fourth-order valence-corrected chi connectivity index (χ4v) is 1.77. The molecule has 82 valence electrons. The van der Waals surface area contributed by atoms with Crippen LogP contribution in [0.15, 0.2) is 24.3 Å².